The summed E-state index contributed by atoms with van der Waals surface area (Å²) < 4.78 is 24.0. The van der Waals surface area contributed by atoms with E-state index in [1.54, 1.807) is 19.1 Å². The Bertz CT molecular complexity index is 882. The molecule has 0 saturated heterocycles. The quantitative estimate of drug-likeness (QED) is 0.803. The molecule has 4 atom stereocenters. The number of hydrogen-bond donors (Lipinski definition) is 1. The van der Waals surface area contributed by atoms with Crippen molar-refractivity contribution in [2.24, 2.45) is 5.92 Å². The fraction of sp³-hybridized carbons (Fsp3) is 0.364. The van der Waals surface area contributed by atoms with E-state index in [2.05, 4.69) is 5.32 Å². The predicted octanol–water partition coefficient (Wildman–Crippen LogP) is 3.50. The Hall–Kier alpha value is -2.89. The molecule has 1 saturated carbocycles. The van der Waals surface area contributed by atoms with Gasteiger partial charge in [-0.1, -0.05) is 30.3 Å². The van der Waals surface area contributed by atoms with Crippen LogP contribution >= 0.6 is 0 Å². The van der Waals surface area contributed by atoms with Crippen molar-refractivity contribution in [3.63, 3.8) is 0 Å². The molecule has 0 radical (unpaired) electrons. The van der Waals surface area contributed by atoms with E-state index in [0.29, 0.717) is 19.4 Å². The number of ether oxygens (including phenoxy) is 2. The van der Waals surface area contributed by atoms with Gasteiger partial charge in [-0.3, -0.25) is 9.59 Å². The molecule has 146 valence electrons. The first-order valence-corrected chi connectivity index (χ1v) is 9.51. The first-order chi connectivity index (χ1) is 13.5. The van der Waals surface area contributed by atoms with Crippen LogP contribution in [0.1, 0.15) is 42.9 Å². The Kier molecular flexibility index (Phi) is 5.03. The number of carbonyl (C=O) groups is 2. The molecule has 2 aliphatic rings. The van der Waals surface area contributed by atoms with Gasteiger partial charge in [-0.15, -0.1) is 0 Å². The minimum Gasteiger partial charge on any atom is -0.493 e. The molecule has 1 amide bonds. The zero-order valence-corrected chi connectivity index (χ0v) is 15.6. The van der Waals surface area contributed by atoms with Gasteiger partial charge in [0.1, 0.15) is 11.6 Å². The highest BCUT2D eigenvalue weighted by Gasteiger charge is 2.46. The summed E-state index contributed by atoms with van der Waals surface area (Å²) in [7, 11) is 0. The van der Waals surface area contributed by atoms with Crippen molar-refractivity contribution in [2.45, 2.75) is 37.8 Å². The van der Waals surface area contributed by atoms with Crippen LogP contribution in [0.4, 0.5) is 4.39 Å². The van der Waals surface area contributed by atoms with Crippen LogP contribution in [0.3, 0.4) is 0 Å². The van der Waals surface area contributed by atoms with Gasteiger partial charge in [-0.2, -0.15) is 0 Å². The SMILES string of the molecule is CC(OC(=O)C1CC1c1ccc(F)cc1)C(=O)NC1CCOc2ccccc21. The Morgan fingerprint density at radius 3 is 2.71 bits per heavy atom. The van der Waals surface area contributed by atoms with Gasteiger partial charge >= 0.3 is 5.97 Å². The number of halogens is 1. The smallest absolute Gasteiger partial charge is 0.310 e. The second-order valence-corrected chi connectivity index (χ2v) is 7.32. The normalized spacial score (nSPS) is 23.7. The average Bonchev–Trinajstić information content (AvgIpc) is 3.50. The lowest BCUT2D eigenvalue weighted by Gasteiger charge is -2.27. The molecule has 1 aliphatic heterocycles. The van der Waals surface area contributed by atoms with Gasteiger partial charge in [0, 0.05) is 12.0 Å². The van der Waals surface area contributed by atoms with Gasteiger partial charge < -0.3 is 14.8 Å². The number of fused-ring (bicyclic) bond motifs is 1. The van der Waals surface area contributed by atoms with Gasteiger partial charge in [0.2, 0.25) is 0 Å². The number of carbonyl (C=O) groups excluding carboxylic acids is 2. The highest BCUT2D eigenvalue weighted by molar-refractivity contribution is 5.85. The van der Waals surface area contributed by atoms with Crippen LogP contribution in [-0.2, 0) is 14.3 Å². The van der Waals surface area contributed by atoms with Gasteiger partial charge in [-0.25, -0.2) is 4.39 Å². The van der Waals surface area contributed by atoms with Crippen molar-refractivity contribution in [1.82, 2.24) is 5.32 Å². The maximum absolute atomic E-state index is 13.0. The van der Waals surface area contributed by atoms with E-state index in [1.807, 2.05) is 24.3 Å². The van der Waals surface area contributed by atoms with Crippen LogP contribution in [-0.4, -0.2) is 24.6 Å². The number of hydrogen-bond acceptors (Lipinski definition) is 4. The molecule has 0 spiro atoms. The first kappa shape index (κ1) is 18.5. The lowest BCUT2D eigenvalue weighted by molar-refractivity contribution is -0.156. The summed E-state index contributed by atoms with van der Waals surface area (Å²) in [5.74, 6) is -0.485. The fourth-order valence-electron chi connectivity index (χ4n) is 3.63. The fourth-order valence-corrected chi connectivity index (χ4v) is 3.63. The van der Waals surface area contributed by atoms with Crippen molar-refractivity contribution < 1.29 is 23.5 Å². The largest absolute Gasteiger partial charge is 0.493 e. The Morgan fingerprint density at radius 2 is 1.93 bits per heavy atom. The summed E-state index contributed by atoms with van der Waals surface area (Å²) in [6, 6.07) is 13.6. The van der Waals surface area contributed by atoms with E-state index < -0.39 is 6.10 Å². The maximum atomic E-state index is 13.0. The van der Waals surface area contributed by atoms with Crippen LogP contribution in [0.15, 0.2) is 48.5 Å². The van der Waals surface area contributed by atoms with E-state index in [1.165, 1.54) is 12.1 Å². The van der Waals surface area contributed by atoms with Crippen LogP contribution in [0.25, 0.3) is 0 Å². The Morgan fingerprint density at radius 1 is 1.18 bits per heavy atom. The summed E-state index contributed by atoms with van der Waals surface area (Å²) in [5.41, 5.74) is 1.85. The van der Waals surface area contributed by atoms with E-state index in [-0.39, 0.29) is 35.6 Å². The Labute approximate surface area is 162 Å². The molecule has 1 aliphatic carbocycles. The van der Waals surface area contributed by atoms with E-state index in [0.717, 1.165) is 16.9 Å². The maximum Gasteiger partial charge on any atom is 0.310 e. The van der Waals surface area contributed by atoms with Gasteiger partial charge in [0.15, 0.2) is 6.10 Å². The third-order valence-corrected chi connectivity index (χ3v) is 5.33. The molecule has 1 heterocycles. The van der Waals surface area contributed by atoms with Crippen molar-refractivity contribution in [2.75, 3.05) is 6.61 Å². The highest BCUT2D eigenvalue weighted by atomic mass is 19.1. The lowest BCUT2D eigenvalue weighted by atomic mass is 10.0. The minimum absolute atomic E-state index is 0.0331. The molecule has 1 N–H and O–H groups in total. The number of para-hydroxylation sites is 1. The number of nitrogens with one attached hydrogen (secondary N) is 1. The zero-order chi connectivity index (χ0) is 19.7. The lowest BCUT2D eigenvalue weighted by Crippen LogP contribution is -2.40. The molecule has 1 fully saturated rings. The minimum atomic E-state index is -0.878. The van der Waals surface area contributed by atoms with E-state index >= 15 is 0 Å². The molecular formula is C22H22FNO4. The summed E-state index contributed by atoms with van der Waals surface area (Å²) in [5, 5.41) is 2.95. The number of esters is 1. The van der Waals surface area contributed by atoms with Crippen LogP contribution in [0.5, 0.6) is 5.75 Å². The van der Waals surface area contributed by atoms with Crippen molar-refractivity contribution in [1.29, 1.82) is 0 Å². The van der Waals surface area contributed by atoms with E-state index in [9.17, 15) is 14.0 Å². The zero-order valence-electron chi connectivity index (χ0n) is 15.6. The second-order valence-electron chi connectivity index (χ2n) is 7.32. The van der Waals surface area contributed by atoms with Crippen LogP contribution in [0.2, 0.25) is 0 Å². The molecule has 5 nitrogen and oxygen atoms in total. The molecule has 0 bridgehead atoms. The standard InChI is InChI=1S/C22H22FNO4/c1-13(21(25)24-19-10-11-27-20-5-3-2-4-16(19)20)28-22(26)18-12-17(18)14-6-8-15(23)9-7-14/h2-9,13,17-19H,10-12H2,1H3,(H,24,25). The van der Waals surface area contributed by atoms with Gasteiger partial charge in [0.05, 0.1) is 18.6 Å². The Balaban J connectivity index is 1.32. The third kappa shape index (κ3) is 3.86. The molecule has 4 unspecified atom stereocenters. The van der Waals surface area contributed by atoms with Crippen molar-refractivity contribution in [3.8, 4) is 5.75 Å². The third-order valence-electron chi connectivity index (χ3n) is 5.33. The van der Waals surface area contributed by atoms with Crippen LogP contribution in [0, 0.1) is 11.7 Å². The molecule has 2 aromatic rings. The van der Waals surface area contributed by atoms with Gasteiger partial charge in [0.25, 0.3) is 5.91 Å². The first-order valence-electron chi connectivity index (χ1n) is 9.51. The summed E-state index contributed by atoms with van der Waals surface area (Å²) in [6.45, 7) is 2.10. The van der Waals surface area contributed by atoms with Gasteiger partial charge in [-0.05, 0) is 43.0 Å². The molecule has 28 heavy (non-hydrogen) atoms. The molecule has 0 aromatic heterocycles. The number of rotatable bonds is 5. The molecule has 4 rings (SSSR count). The summed E-state index contributed by atoms with van der Waals surface area (Å²) in [4.78, 5) is 24.9. The monoisotopic (exact) mass is 383 g/mol. The molecule has 2 aromatic carbocycles. The molecular weight excluding hydrogens is 361 g/mol. The summed E-state index contributed by atoms with van der Waals surface area (Å²) >= 11 is 0. The number of benzene rings is 2. The van der Waals surface area contributed by atoms with Crippen molar-refractivity contribution in [3.05, 3.63) is 65.5 Å². The average molecular weight is 383 g/mol. The highest BCUT2D eigenvalue weighted by Crippen LogP contribution is 2.48. The van der Waals surface area contributed by atoms with Crippen molar-refractivity contribution >= 4 is 11.9 Å². The number of amides is 1. The van der Waals surface area contributed by atoms with Crippen LogP contribution < -0.4 is 10.1 Å². The summed E-state index contributed by atoms with van der Waals surface area (Å²) in [6.07, 6.45) is 0.446. The second kappa shape index (κ2) is 7.62. The predicted molar refractivity (Wildman–Crippen MR) is 100 cm³/mol. The topological polar surface area (TPSA) is 64.6 Å². The van der Waals surface area contributed by atoms with E-state index in [4.69, 9.17) is 9.47 Å². The molecule has 6 heteroatoms.